The third-order valence-electron chi connectivity index (χ3n) is 3.87. The van der Waals surface area contributed by atoms with Gasteiger partial charge in [0.2, 0.25) is 5.91 Å². The molecule has 1 saturated heterocycles. The summed E-state index contributed by atoms with van der Waals surface area (Å²) in [6, 6.07) is 0. The number of rotatable bonds is 5. The van der Waals surface area contributed by atoms with Crippen LogP contribution in [0.1, 0.15) is 31.9 Å². The lowest BCUT2D eigenvalue weighted by Crippen LogP contribution is -2.53. The molecular formula is C12H19N5O3. The van der Waals surface area contributed by atoms with E-state index in [2.05, 4.69) is 10.3 Å². The van der Waals surface area contributed by atoms with Gasteiger partial charge in [-0.2, -0.15) is 0 Å². The molecule has 2 heterocycles. The number of hydrogen-bond acceptors (Lipinski definition) is 5. The van der Waals surface area contributed by atoms with E-state index in [0.29, 0.717) is 31.5 Å². The average Bonchev–Trinajstić information content (AvgIpc) is 3.04. The van der Waals surface area contributed by atoms with Crippen LogP contribution < -0.4 is 5.73 Å². The van der Waals surface area contributed by atoms with Crippen molar-refractivity contribution in [1.29, 1.82) is 0 Å². The van der Waals surface area contributed by atoms with E-state index >= 15 is 0 Å². The van der Waals surface area contributed by atoms with Crippen molar-refractivity contribution in [3.05, 3.63) is 11.9 Å². The van der Waals surface area contributed by atoms with Crippen LogP contribution in [0.5, 0.6) is 0 Å². The van der Waals surface area contributed by atoms with Gasteiger partial charge in [0.1, 0.15) is 12.1 Å². The van der Waals surface area contributed by atoms with Crippen LogP contribution in [0.3, 0.4) is 0 Å². The number of aliphatic carboxylic acids is 1. The van der Waals surface area contributed by atoms with Crippen LogP contribution in [0.2, 0.25) is 0 Å². The van der Waals surface area contributed by atoms with E-state index in [1.807, 2.05) is 0 Å². The lowest BCUT2D eigenvalue weighted by atomic mass is 9.93. The SMILES string of the molecule is CCC1(C(=O)O)CCCN1C(=O)Cn1cc(CN)nn1. The molecule has 1 unspecified atom stereocenters. The third kappa shape index (κ3) is 2.38. The quantitative estimate of drug-likeness (QED) is 0.758. The number of aromatic nitrogens is 3. The predicted octanol–water partition coefficient (Wildman–Crippen LogP) is -0.407. The van der Waals surface area contributed by atoms with Crippen LogP contribution in [0.4, 0.5) is 0 Å². The lowest BCUT2D eigenvalue weighted by Gasteiger charge is -2.33. The molecule has 8 nitrogen and oxygen atoms in total. The molecule has 3 N–H and O–H groups in total. The molecule has 0 aromatic carbocycles. The minimum atomic E-state index is -1.08. The van der Waals surface area contributed by atoms with Gasteiger partial charge in [-0.1, -0.05) is 12.1 Å². The summed E-state index contributed by atoms with van der Waals surface area (Å²) >= 11 is 0. The zero-order valence-electron chi connectivity index (χ0n) is 11.4. The number of amides is 1. The van der Waals surface area contributed by atoms with Gasteiger partial charge in [-0.25, -0.2) is 9.48 Å². The van der Waals surface area contributed by atoms with Gasteiger partial charge in [0.25, 0.3) is 0 Å². The van der Waals surface area contributed by atoms with Crippen molar-refractivity contribution in [2.24, 2.45) is 5.73 Å². The van der Waals surface area contributed by atoms with E-state index in [-0.39, 0.29) is 19.0 Å². The monoisotopic (exact) mass is 281 g/mol. The molecule has 110 valence electrons. The van der Waals surface area contributed by atoms with Crippen LogP contribution in [-0.4, -0.2) is 49.0 Å². The minimum absolute atomic E-state index is 0.0119. The van der Waals surface area contributed by atoms with Crippen LogP contribution >= 0.6 is 0 Å². The van der Waals surface area contributed by atoms with Crippen molar-refractivity contribution in [3.63, 3.8) is 0 Å². The molecule has 0 radical (unpaired) electrons. The maximum absolute atomic E-state index is 12.3. The van der Waals surface area contributed by atoms with E-state index in [4.69, 9.17) is 5.73 Å². The second kappa shape index (κ2) is 5.58. The fraction of sp³-hybridized carbons (Fsp3) is 0.667. The zero-order valence-corrected chi connectivity index (χ0v) is 11.4. The number of likely N-dealkylation sites (tertiary alicyclic amines) is 1. The number of nitrogens with zero attached hydrogens (tertiary/aromatic N) is 4. The Balaban J connectivity index is 2.13. The summed E-state index contributed by atoms with van der Waals surface area (Å²) in [5.41, 5.74) is 4.95. The third-order valence-corrected chi connectivity index (χ3v) is 3.87. The molecule has 0 aliphatic carbocycles. The Morgan fingerprint density at radius 2 is 2.30 bits per heavy atom. The maximum atomic E-state index is 12.3. The van der Waals surface area contributed by atoms with Crippen molar-refractivity contribution >= 4 is 11.9 Å². The van der Waals surface area contributed by atoms with Gasteiger partial charge < -0.3 is 15.7 Å². The zero-order chi connectivity index (χ0) is 14.8. The first-order chi connectivity index (χ1) is 9.53. The van der Waals surface area contributed by atoms with Gasteiger partial charge in [0.15, 0.2) is 0 Å². The molecule has 1 aliphatic rings. The summed E-state index contributed by atoms with van der Waals surface area (Å²) in [5, 5.41) is 17.1. The standard InChI is InChI=1S/C12H19N5O3/c1-2-12(11(19)20)4-3-5-17(12)10(18)8-16-7-9(6-13)14-15-16/h7H,2-6,8,13H2,1H3,(H,19,20). The number of carboxylic acid groups (broad SMARTS) is 1. The summed E-state index contributed by atoms with van der Waals surface area (Å²) in [5.74, 6) is -1.19. The topological polar surface area (TPSA) is 114 Å². The van der Waals surface area contributed by atoms with Crippen molar-refractivity contribution in [3.8, 4) is 0 Å². The fourth-order valence-corrected chi connectivity index (χ4v) is 2.72. The van der Waals surface area contributed by atoms with E-state index in [1.54, 1.807) is 13.1 Å². The molecule has 0 saturated carbocycles. The Bertz CT molecular complexity index is 515. The number of carbonyl (C=O) groups excluding carboxylic acids is 1. The molecule has 8 heteroatoms. The van der Waals surface area contributed by atoms with Crippen molar-refractivity contribution < 1.29 is 14.7 Å². The number of carbonyl (C=O) groups is 2. The summed E-state index contributed by atoms with van der Waals surface area (Å²) < 4.78 is 1.39. The van der Waals surface area contributed by atoms with Gasteiger partial charge in [-0.05, 0) is 19.3 Å². The first-order valence-corrected chi connectivity index (χ1v) is 6.66. The molecule has 1 atom stereocenters. The van der Waals surface area contributed by atoms with Crippen LogP contribution in [0.25, 0.3) is 0 Å². The molecular weight excluding hydrogens is 262 g/mol. The Labute approximate surface area is 116 Å². The smallest absolute Gasteiger partial charge is 0.329 e. The van der Waals surface area contributed by atoms with Gasteiger partial charge >= 0.3 is 5.97 Å². The normalized spacial score (nSPS) is 22.2. The fourth-order valence-electron chi connectivity index (χ4n) is 2.72. The van der Waals surface area contributed by atoms with Gasteiger partial charge in [-0.15, -0.1) is 5.10 Å². The highest BCUT2D eigenvalue weighted by atomic mass is 16.4. The Morgan fingerprint density at radius 3 is 2.85 bits per heavy atom. The summed E-state index contributed by atoms with van der Waals surface area (Å²) in [6.07, 6.45) is 3.20. The highest BCUT2D eigenvalue weighted by molar-refractivity contribution is 5.87. The van der Waals surface area contributed by atoms with Crippen LogP contribution in [0.15, 0.2) is 6.20 Å². The highest BCUT2D eigenvalue weighted by Crippen LogP contribution is 2.33. The van der Waals surface area contributed by atoms with Crippen molar-refractivity contribution in [2.45, 2.75) is 44.8 Å². The Hall–Kier alpha value is -1.96. The predicted molar refractivity (Wildman–Crippen MR) is 69.5 cm³/mol. The second-order valence-corrected chi connectivity index (χ2v) is 4.95. The van der Waals surface area contributed by atoms with Gasteiger partial charge in [0.05, 0.1) is 11.9 Å². The first-order valence-electron chi connectivity index (χ1n) is 6.66. The molecule has 2 rings (SSSR count). The summed E-state index contributed by atoms with van der Waals surface area (Å²) in [7, 11) is 0. The van der Waals surface area contributed by atoms with Crippen LogP contribution in [-0.2, 0) is 22.7 Å². The van der Waals surface area contributed by atoms with Gasteiger partial charge in [-0.3, -0.25) is 4.79 Å². The molecule has 1 aromatic heterocycles. The molecule has 1 aliphatic heterocycles. The molecule has 1 amide bonds. The van der Waals surface area contributed by atoms with Crippen molar-refractivity contribution in [1.82, 2.24) is 19.9 Å². The van der Waals surface area contributed by atoms with Crippen LogP contribution in [0, 0.1) is 0 Å². The summed E-state index contributed by atoms with van der Waals surface area (Å²) in [4.78, 5) is 25.3. The van der Waals surface area contributed by atoms with E-state index < -0.39 is 11.5 Å². The molecule has 0 bridgehead atoms. The lowest BCUT2D eigenvalue weighted by molar-refractivity contribution is -0.157. The number of carboxylic acids is 1. The molecule has 1 aromatic rings. The van der Waals surface area contributed by atoms with E-state index in [9.17, 15) is 14.7 Å². The number of nitrogens with two attached hydrogens (primary N) is 1. The Kier molecular flexibility index (Phi) is 4.03. The van der Waals surface area contributed by atoms with Crippen molar-refractivity contribution in [2.75, 3.05) is 6.54 Å². The van der Waals surface area contributed by atoms with E-state index in [1.165, 1.54) is 9.58 Å². The van der Waals surface area contributed by atoms with E-state index in [0.717, 1.165) is 0 Å². The summed E-state index contributed by atoms with van der Waals surface area (Å²) in [6.45, 7) is 2.51. The largest absolute Gasteiger partial charge is 0.479 e. The highest BCUT2D eigenvalue weighted by Gasteiger charge is 2.48. The average molecular weight is 281 g/mol. The van der Waals surface area contributed by atoms with Gasteiger partial charge in [0, 0.05) is 13.1 Å². The maximum Gasteiger partial charge on any atom is 0.329 e. The molecule has 0 spiro atoms. The molecule has 1 fully saturated rings. The second-order valence-electron chi connectivity index (χ2n) is 4.95. The minimum Gasteiger partial charge on any atom is -0.479 e. The first kappa shape index (κ1) is 14.4. The Morgan fingerprint density at radius 1 is 1.55 bits per heavy atom. The molecule has 20 heavy (non-hydrogen) atoms. The number of hydrogen-bond donors (Lipinski definition) is 2.